The van der Waals surface area contributed by atoms with Crippen molar-refractivity contribution in [3.8, 4) is 5.75 Å². The van der Waals surface area contributed by atoms with Gasteiger partial charge in [0.1, 0.15) is 0 Å². The standard InChI is InChI=1S/C10H18NP/c1-9(2)6-5-7-10(3,4)11(9)8-12/h5-7H2,1-4H3. The zero-order valence-corrected chi connectivity index (χ0v) is 9.41. The van der Waals surface area contributed by atoms with Crippen LogP contribution in [0.15, 0.2) is 0 Å². The average molecular weight is 183 g/mol. The fraction of sp³-hybridized carbons (Fsp3) is 0.900. The van der Waals surface area contributed by atoms with E-state index >= 15 is 0 Å². The van der Waals surface area contributed by atoms with Crippen molar-refractivity contribution in [1.29, 1.82) is 0 Å². The van der Waals surface area contributed by atoms with Gasteiger partial charge in [0.2, 0.25) is 0 Å². The van der Waals surface area contributed by atoms with Gasteiger partial charge < -0.3 is 0 Å². The minimum absolute atomic E-state index is 0.226. The molecule has 1 heterocycles. The maximum atomic E-state index is 4.17. The van der Waals surface area contributed by atoms with Gasteiger partial charge in [-0.25, -0.2) is 0 Å². The number of rotatable bonds is 0. The molecule has 1 saturated heterocycles. The number of piperidine rings is 1. The molecule has 0 amide bonds. The van der Waals surface area contributed by atoms with E-state index in [0.717, 1.165) is 0 Å². The van der Waals surface area contributed by atoms with E-state index in [0.29, 0.717) is 0 Å². The molecule has 0 spiro atoms. The molecular formula is C10H18NP. The van der Waals surface area contributed by atoms with Gasteiger partial charge in [0.25, 0.3) is 0 Å². The van der Waals surface area contributed by atoms with Gasteiger partial charge in [-0.3, -0.25) is 0 Å². The summed E-state index contributed by atoms with van der Waals surface area (Å²) < 4.78 is 0. The third-order valence-electron chi connectivity index (χ3n) is 2.89. The summed E-state index contributed by atoms with van der Waals surface area (Å²) in [4.78, 5) is 2.26. The Morgan fingerprint density at radius 3 is 1.75 bits per heavy atom. The molecule has 0 aromatic heterocycles. The fourth-order valence-corrected chi connectivity index (χ4v) is 2.81. The molecule has 0 unspecified atom stereocenters. The average Bonchev–Trinajstić information content (AvgIpc) is 1.83. The van der Waals surface area contributed by atoms with Crippen LogP contribution >= 0.6 is 8.70 Å². The molecule has 0 aromatic rings. The first-order valence-electron chi connectivity index (χ1n) is 4.60. The molecule has 0 N–H and O–H groups in total. The van der Waals surface area contributed by atoms with Gasteiger partial charge in [0, 0.05) is 0 Å². The van der Waals surface area contributed by atoms with Gasteiger partial charge in [0.15, 0.2) is 0 Å². The van der Waals surface area contributed by atoms with Crippen LogP contribution in [0.1, 0.15) is 47.0 Å². The Kier molecular flexibility index (Phi) is 2.69. The Balaban J connectivity index is 2.91. The molecule has 1 aliphatic rings. The topological polar surface area (TPSA) is 3.24 Å². The van der Waals surface area contributed by atoms with Gasteiger partial charge in [-0.2, -0.15) is 0 Å². The van der Waals surface area contributed by atoms with E-state index in [2.05, 4.69) is 47.0 Å². The molecule has 1 fully saturated rings. The van der Waals surface area contributed by atoms with Crippen molar-refractivity contribution in [3.05, 3.63) is 0 Å². The Labute approximate surface area is 78.0 Å². The first-order valence-corrected chi connectivity index (χ1v) is 5.05. The number of hydrogen-bond acceptors (Lipinski definition) is 1. The van der Waals surface area contributed by atoms with Crippen LogP contribution in [0, 0.1) is 5.75 Å². The van der Waals surface area contributed by atoms with Crippen LogP contribution in [0.3, 0.4) is 0 Å². The van der Waals surface area contributed by atoms with Crippen molar-refractivity contribution in [3.63, 3.8) is 0 Å². The van der Waals surface area contributed by atoms with E-state index < -0.39 is 0 Å². The second kappa shape index (κ2) is 3.14. The summed E-state index contributed by atoms with van der Waals surface area (Å²) in [6.45, 7) is 9.04. The van der Waals surface area contributed by atoms with Crippen LogP contribution in [0.4, 0.5) is 0 Å². The molecule has 0 atom stereocenters. The Morgan fingerprint density at radius 1 is 1.08 bits per heavy atom. The van der Waals surface area contributed by atoms with E-state index in [1.54, 1.807) is 0 Å². The molecule has 0 aliphatic carbocycles. The van der Waals surface area contributed by atoms with E-state index in [4.69, 9.17) is 0 Å². The predicted octanol–water partition coefficient (Wildman–Crippen LogP) is 3.36. The van der Waals surface area contributed by atoms with Crippen LogP contribution in [-0.2, 0) is 0 Å². The van der Waals surface area contributed by atoms with Crippen LogP contribution in [0.25, 0.3) is 0 Å². The summed E-state index contributed by atoms with van der Waals surface area (Å²) in [6, 6.07) is 0. The zero-order chi connectivity index (χ0) is 9.41. The predicted molar refractivity (Wildman–Crippen MR) is 54.7 cm³/mol. The van der Waals surface area contributed by atoms with E-state index in [-0.39, 0.29) is 11.1 Å². The van der Waals surface area contributed by atoms with Crippen molar-refractivity contribution in [2.45, 2.75) is 58.0 Å². The molecule has 2 heteroatoms. The summed E-state index contributed by atoms with van der Waals surface area (Å²) in [5, 5.41) is 0. The molecule has 0 aromatic carbocycles. The van der Waals surface area contributed by atoms with E-state index in [1.807, 2.05) is 0 Å². The van der Waals surface area contributed by atoms with Crippen LogP contribution in [-0.4, -0.2) is 16.0 Å². The molecule has 1 aliphatic heterocycles. The monoisotopic (exact) mass is 183 g/mol. The van der Waals surface area contributed by atoms with Crippen LogP contribution in [0.5, 0.6) is 0 Å². The van der Waals surface area contributed by atoms with Gasteiger partial charge in [-0.1, -0.05) is 0 Å². The second-order valence-corrected chi connectivity index (χ2v) is 5.11. The zero-order valence-electron chi connectivity index (χ0n) is 8.52. The van der Waals surface area contributed by atoms with E-state index in [1.165, 1.54) is 19.3 Å². The summed E-state index contributed by atoms with van der Waals surface area (Å²) >= 11 is 0. The summed E-state index contributed by atoms with van der Waals surface area (Å²) in [5.74, 6) is 3.01. The van der Waals surface area contributed by atoms with Gasteiger partial charge in [-0.05, 0) is 0 Å². The SMILES string of the molecule is CC1(C)CCCC(C)(C)N1C#P. The van der Waals surface area contributed by atoms with Crippen LogP contribution < -0.4 is 0 Å². The normalized spacial score (nSPS) is 27.9. The van der Waals surface area contributed by atoms with Crippen molar-refractivity contribution < 1.29 is 0 Å². The number of nitrogens with zero attached hydrogens (tertiary/aromatic N) is 1. The number of hydrogen-bond donors (Lipinski definition) is 0. The van der Waals surface area contributed by atoms with Crippen LogP contribution in [0.2, 0.25) is 0 Å². The van der Waals surface area contributed by atoms with E-state index in [9.17, 15) is 0 Å². The second-order valence-electron chi connectivity index (χ2n) is 4.91. The third kappa shape index (κ3) is 1.74. The maximum absolute atomic E-state index is 4.17. The summed E-state index contributed by atoms with van der Waals surface area (Å²) in [6.07, 6.45) is 3.79. The Bertz CT molecular complexity index is 196. The molecule has 0 radical (unpaired) electrons. The molecular weight excluding hydrogens is 165 g/mol. The van der Waals surface area contributed by atoms with Crippen molar-refractivity contribution in [2.24, 2.45) is 0 Å². The van der Waals surface area contributed by atoms with Crippen molar-refractivity contribution in [1.82, 2.24) is 4.90 Å². The quantitative estimate of drug-likeness (QED) is 0.520. The van der Waals surface area contributed by atoms with Crippen molar-refractivity contribution in [2.75, 3.05) is 0 Å². The summed E-state index contributed by atoms with van der Waals surface area (Å²) in [7, 11) is 4.17. The Hall–Kier alpha value is 0.170. The first-order chi connectivity index (χ1) is 5.40. The Morgan fingerprint density at radius 2 is 1.50 bits per heavy atom. The molecule has 68 valence electrons. The molecule has 0 bridgehead atoms. The van der Waals surface area contributed by atoms with Gasteiger partial charge in [0.05, 0.1) is 0 Å². The van der Waals surface area contributed by atoms with Crippen molar-refractivity contribution >= 4 is 8.70 Å². The van der Waals surface area contributed by atoms with Gasteiger partial charge in [-0.15, -0.1) is 0 Å². The first kappa shape index (κ1) is 10.3. The molecule has 1 rings (SSSR count). The summed E-state index contributed by atoms with van der Waals surface area (Å²) in [5.41, 5.74) is 0.451. The third-order valence-corrected chi connectivity index (χ3v) is 3.09. The molecule has 1 nitrogen and oxygen atoms in total. The molecule has 0 saturated carbocycles. The fourth-order valence-electron chi connectivity index (χ4n) is 2.27. The van der Waals surface area contributed by atoms with Gasteiger partial charge >= 0.3 is 77.4 Å². The number of likely N-dealkylation sites (tertiary alicyclic amines) is 1. The minimum atomic E-state index is 0.226. The molecule has 12 heavy (non-hydrogen) atoms.